The predicted octanol–water partition coefficient (Wildman–Crippen LogP) is 4.06. The molecule has 238 valence electrons. The van der Waals surface area contributed by atoms with Gasteiger partial charge in [-0.2, -0.15) is 0 Å². The van der Waals surface area contributed by atoms with E-state index in [2.05, 4.69) is 24.5 Å². The topological polar surface area (TPSA) is 148 Å². The summed E-state index contributed by atoms with van der Waals surface area (Å²) in [5.74, 6) is -2.22. The fourth-order valence-electron chi connectivity index (χ4n) is 8.34. The van der Waals surface area contributed by atoms with Crippen molar-refractivity contribution in [2.45, 2.75) is 91.0 Å². The maximum Gasteiger partial charge on any atom is 0.338 e. The number of nitrogens with two attached hydrogens (primary N) is 1. The Bertz CT molecular complexity index is 1420. The first-order chi connectivity index (χ1) is 20.7. The Labute approximate surface area is 257 Å². The van der Waals surface area contributed by atoms with Crippen LogP contribution in [0.1, 0.15) is 77.1 Å². The largest absolute Gasteiger partial charge is 0.458 e. The van der Waals surface area contributed by atoms with Gasteiger partial charge >= 0.3 is 5.97 Å². The third-order valence-corrected chi connectivity index (χ3v) is 10.9. The number of aliphatic hydroxyl groups excluding tert-OH is 1. The Morgan fingerprint density at radius 3 is 2.55 bits per heavy atom. The van der Waals surface area contributed by atoms with Crippen molar-refractivity contribution in [1.29, 1.82) is 0 Å². The molecule has 2 amide bonds. The van der Waals surface area contributed by atoms with Gasteiger partial charge in [-0.3, -0.25) is 14.4 Å². The van der Waals surface area contributed by atoms with E-state index in [9.17, 15) is 28.7 Å². The summed E-state index contributed by atoms with van der Waals surface area (Å²) in [5, 5.41) is 16.5. The van der Waals surface area contributed by atoms with E-state index in [4.69, 9.17) is 10.5 Å². The van der Waals surface area contributed by atoms with Crippen LogP contribution < -0.4 is 16.4 Å². The Morgan fingerprint density at radius 1 is 1.11 bits per heavy atom. The summed E-state index contributed by atoms with van der Waals surface area (Å²) in [6, 6.07) is 1.86. The molecule has 4 aliphatic rings. The van der Waals surface area contributed by atoms with E-state index in [1.54, 1.807) is 26.0 Å². The number of benzene rings is 1. The molecule has 44 heavy (non-hydrogen) atoms. The van der Waals surface area contributed by atoms with Crippen LogP contribution in [0.2, 0.25) is 0 Å². The van der Waals surface area contributed by atoms with Crippen LogP contribution in [0.15, 0.2) is 42.0 Å². The van der Waals surface area contributed by atoms with Gasteiger partial charge in [0.15, 0.2) is 5.78 Å². The summed E-state index contributed by atoms with van der Waals surface area (Å²) in [5.41, 5.74) is 6.00. The predicted molar refractivity (Wildman–Crippen MR) is 163 cm³/mol. The maximum atomic E-state index is 14.7. The molecule has 0 spiro atoms. The Hall–Kier alpha value is -3.37. The lowest BCUT2D eigenvalue weighted by molar-refractivity contribution is -0.131. The normalized spacial score (nSPS) is 33.8. The number of hydrogen-bond donors (Lipinski definition) is 4. The van der Waals surface area contributed by atoms with Gasteiger partial charge in [-0.15, -0.1) is 0 Å². The van der Waals surface area contributed by atoms with Gasteiger partial charge in [0.1, 0.15) is 18.0 Å². The van der Waals surface area contributed by atoms with Crippen molar-refractivity contribution >= 4 is 29.3 Å². The number of hydrogen-bond acceptors (Lipinski definition) is 7. The molecular formula is C34H44FN3O6. The van der Waals surface area contributed by atoms with Gasteiger partial charge in [-0.05, 0) is 87.1 Å². The fourth-order valence-corrected chi connectivity index (χ4v) is 8.34. The van der Waals surface area contributed by atoms with E-state index in [1.807, 2.05) is 6.08 Å². The molecule has 0 aromatic heterocycles. The van der Waals surface area contributed by atoms with Gasteiger partial charge in [0.25, 0.3) is 0 Å². The number of carbonyl (C=O) groups excluding carboxylic acids is 4. The first-order valence-corrected chi connectivity index (χ1v) is 15.7. The zero-order chi connectivity index (χ0) is 32.1. The molecule has 7 unspecified atom stereocenters. The number of ketones is 1. The van der Waals surface area contributed by atoms with Crippen molar-refractivity contribution in [3.63, 3.8) is 0 Å². The van der Waals surface area contributed by atoms with E-state index >= 15 is 0 Å². The van der Waals surface area contributed by atoms with E-state index in [0.29, 0.717) is 12.8 Å². The number of nitrogens with one attached hydrogen (secondary N) is 2. The fraction of sp³-hybridized carbons (Fsp3) is 0.588. The molecule has 0 radical (unpaired) electrons. The second kappa shape index (κ2) is 11.9. The number of carbonyl (C=O) groups is 4. The van der Waals surface area contributed by atoms with Crippen LogP contribution >= 0.6 is 0 Å². The van der Waals surface area contributed by atoms with E-state index in [-0.39, 0.29) is 46.1 Å². The van der Waals surface area contributed by atoms with Gasteiger partial charge in [0.2, 0.25) is 11.8 Å². The van der Waals surface area contributed by atoms with Crippen molar-refractivity contribution in [1.82, 2.24) is 5.32 Å². The molecule has 9 atom stereocenters. The van der Waals surface area contributed by atoms with Crippen molar-refractivity contribution in [3.05, 3.63) is 53.4 Å². The van der Waals surface area contributed by atoms with Crippen LogP contribution in [0, 0.1) is 40.3 Å². The maximum absolute atomic E-state index is 14.7. The molecule has 0 bridgehead atoms. The Morgan fingerprint density at radius 2 is 1.84 bits per heavy atom. The number of aliphatic hydroxyl groups is 1. The Kier molecular flexibility index (Phi) is 8.63. The standard InChI is InChI=1S/C34H44FN3O6/c1-17(2)29(36)31(42)37-18(3)30(41)38-25-14-19(6-10-24(25)35)32(43)44-27-11-9-23-22-8-7-20-15-21(39)12-13-33(20,4)28(22)26(40)16-34(23,27)5/h6,10,12-15,17-18,22-23,26-29,40H,7-9,11,16,36H2,1-5H3,(H,37,42)(H,38,41)/t18-,22?,23?,26?,27?,28?,29-,33?,34?/m0/s1. The number of halogens is 1. The third-order valence-electron chi connectivity index (χ3n) is 10.9. The molecule has 5 rings (SSSR count). The minimum atomic E-state index is -0.988. The molecule has 10 heteroatoms. The monoisotopic (exact) mass is 609 g/mol. The average Bonchev–Trinajstić information content (AvgIpc) is 3.28. The lowest BCUT2D eigenvalue weighted by Gasteiger charge is -2.58. The highest BCUT2D eigenvalue weighted by atomic mass is 19.1. The molecule has 0 heterocycles. The molecular weight excluding hydrogens is 565 g/mol. The molecule has 1 aromatic rings. The summed E-state index contributed by atoms with van der Waals surface area (Å²) >= 11 is 0. The first kappa shape index (κ1) is 32.0. The number of fused-ring (bicyclic) bond motifs is 5. The number of amides is 2. The SMILES string of the molecule is CC(C)[C@H](N)C(=O)N[C@@H](C)C(=O)Nc1cc(C(=O)OC2CCC3C4CCC5=CC(=O)C=CC5(C)C4C(O)CC23C)ccc1F. The number of rotatable bonds is 7. The minimum Gasteiger partial charge on any atom is -0.458 e. The van der Waals surface area contributed by atoms with E-state index in [1.165, 1.54) is 19.1 Å². The second-order valence-corrected chi connectivity index (χ2v) is 14.0. The average molecular weight is 610 g/mol. The van der Waals surface area contributed by atoms with Crippen molar-refractivity contribution in [3.8, 4) is 0 Å². The molecule has 5 N–H and O–H groups in total. The Balaban J connectivity index is 1.27. The highest BCUT2D eigenvalue weighted by Gasteiger charge is 2.62. The molecule has 1 aromatic carbocycles. The number of anilines is 1. The third kappa shape index (κ3) is 5.62. The summed E-state index contributed by atoms with van der Waals surface area (Å²) in [7, 11) is 0. The summed E-state index contributed by atoms with van der Waals surface area (Å²) in [6.45, 7) is 9.25. The van der Waals surface area contributed by atoms with Crippen LogP contribution in [0.3, 0.4) is 0 Å². The highest BCUT2D eigenvalue weighted by Crippen LogP contribution is 2.65. The molecule has 3 saturated carbocycles. The quantitative estimate of drug-likeness (QED) is 0.341. The van der Waals surface area contributed by atoms with E-state index in [0.717, 1.165) is 30.9 Å². The van der Waals surface area contributed by atoms with Gasteiger partial charge in [-0.1, -0.05) is 39.3 Å². The molecule has 4 aliphatic carbocycles. The lowest BCUT2D eigenvalue weighted by atomic mass is 9.47. The van der Waals surface area contributed by atoms with Gasteiger partial charge in [0.05, 0.1) is 23.4 Å². The summed E-state index contributed by atoms with van der Waals surface area (Å²) in [6.07, 6.45) is 7.90. The summed E-state index contributed by atoms with van der Waals surface area (Å²) < 4.78 is 20.7. The van der Waals surface area contributed by atoms with Crippen LogP contribution in [-0.4, -0.2) is 53.0 Å². The zero-order valence-electron chi connectivity index (χ0n) is 26.1. The number of allylic oxidation sites excluding steroid dienone is 4. The van der Waals surface area contributed by atoms with Gasteiger partial charge in [0, 0.05) is 16.7 Å². The van der Waals surface area contributed by atoms with Crippen molar-refractivity contribution in [2.75, 3.05) is 5.32 Å². The van der Waals surface area contributed by atoms with Crippen LogP contribution in [0.25, 0.3) is 0 Å². The minimum absolute atomic E-state index is 0.00456. The van der Waals surface area contributed by atoms with Gasteiger partial charge in [-0.25, -0.2) is 9.18 Å². The van der Waals surface area contributed by atoms with Crippen molar-refractivity contribution < 1.29 is 33.4 Å². The number of esters is 1. The molecule has 9 nitrogen and oxygen atoms in total. The molecule has 0 saturated heterocycles. The lowest BCUT2D eigenvalue weighted by Crippen LogP contribution is -2.56. The van der Waals surface area contributed by atoms with Gasteiger partial charge < -0.3 is 26.2 Å². The van der Waals surface area contributed by atoms with Crippen molar-refractivity contribution in [2.24, 2.45) is 40.2 Å². The van der Waals surface area contributed by atoms with Crippen LogP contribution in [0.5, 0.6) is 0 Å². The van der Waals surface area contributed by atoms with E-state index < -0.39 is 53.3 Å². The van der Waals surface area contributed by atoms with Crippen LogP contribution in [-0.2, 0) is 19.1 Å². The number of ether oxygens (including phenoxy) is 1. The smallest absolute Gasteiger partial charge is 0.338 e. The van der Waals surface area contributed by atoms with Crippen LogP contribution in [0.4, 0.5) is 10.1 Å². The highest BCUT2D eigenvalue weighted by molar-refractivity contribution is 6.01. The second-order valence-electron chi connectivity index (χ2n) is 14.0. The summed E-state index contributed by atoms with van der Waals surface area (Å²) in [4.78, 5) is 50.4. The zero-order valence-corrected chi connectivity index (χ0v) is 26.1. The first-order valence-electron chi connectivity index (χ1n) is 15.7. The molecule has 3 fully saturated rings. The molecule has 0 aliphatic heterocycles.